The average molecular weight is 150 g/mol. The van der Waals surface area contributed by atoms with Gasteiger partial charge in [0.25, 0.3) is 0 Å². The van der Waals surface area contributed by atoms with Gasteiger partial charge in [-0.15, -0.1) is 0 Å². The van der Waals surface area contributed by atoms with Crippen molar-refractivity contribution in [2.24, 2.45) is 0 Å². The highest BCUT2D eigenvalue weighted by atomic mass is 16.4. The Morgan fingerprint density at radius 2 is 1.50 bits per heavy atom. The Kier molecular flexibility index (Phi) is 25.2. The van der Waals surface area contributed by atoms with Gasteiger partial charge in [-0.25, -0.2) is 4.79 Å². The fraction of sp³-hybridized carbons (Fsp3) is 0.714. The number of carboxylic acids is 1. The van der Waals surface area contributed by atoms with Crippen LogP contribution in [0.2, 0.25) is 0 Å². The molecule has 0 spiro atoms. The summed E-state index contributed by atoms with van der Waals surface area (Å²) in [5.74, 6) is -2.08. The van der Waals surface area contributed by atoms with Crippen LogP contribution in [0.5, 0.6) is 0 Å². The summed E-state index contributed by atoms with van der Waals surface area (Å²) in [6, 6.07) is 0. The van der Waals surface area contributed by atoms with E-state index in [0.29, 0.717) is 0 Å². The van der Waals surface area contributed by atoms with Gasteiger partial charge in [0.2, 0.25) is 5.78 Å². The van der Waals surface area contributed by atoms with Crippen LogP contribution in [0.15, 0.2) is 0 Å². The van der Waals surface area contributed by atoms with Crippen molar-refractivity contribution < 1.29 is 14.7 Å². The zero-order valence-electron chi connectivity index (χ0n) is 3.97. The summed E-state index contributed by atoms with van der Waals surface area (Å²) < 4.78 is 0. The zero-order valence-corrected chi connectivity index (χ0v) is 3.97. The van der Waals surface area contributed by atoms with Gasteiger partial charge in [0, 0.05) is 6.42 Å². The minimum Gasteiger partial charge on any atom is -0.476 e. The van der Waals surface area contributed by atoms with Crippen molar-refractivity contribution in [2.45, 2.75) is 35.6 Å². The molecule has 0 saturated carbocycles. The first-order chi connectivity index (χ1) is 3.18. The average Bonchev–Trinajstić information content (AvgIpc) is 1.65. The van der Waals surface area contributed by atoms with Crippen LogP contribution < -0.4 is 0 Å². The molecule has 0 aromatic rings. The number of aliphatic carboxylic acids is 1. The first-order valence-corrected chi connectivity index (χ1v) is 1.94. The highest BCUT2D eigenvalue weighted by Gasteiger charge is 2.05. The number of hydrogen-bond acceptors (Lipinski definition) is 2. The van der Waals surface area contributed by atoms with E-state index in [0.717, 1.165) is 0 Å². The second-order valence-corrected chi connectivity index (χ2v) is 1.08. The lowest BCUT2D eigenvalue weighted by Crippen LogP contribution is -2.09. The van der Waals surface area contributed by atoms with Crippen molar-refractivity contribution in [2.75, 3.05) is 0 Å². The van der Waals surface area contributed by atoms with Crippen molar-refractivity contribution in [3.63, 3.8) is 0 Å². The maximum Gasteiger partial charge on any atom is 0.372 e. The predicted molar refractivity (Wildman–Crippen MR) is 43.1 cm³/mol. The minimum atomic E-state index is -1.34. The van der Waals surface area contributed by atoms with Crippen molar-refractivity contribution in [3.05, 3.63) is 0 Å². The first-order valence-electron chi connectivity index (χ1n) is 1.94. The monoisotopic (exact) mass is 150 g/mol. The SMILES string of the molecule is C.C.C.CCC(=O)C(=O)O. The van der Waals surface area contributed by atoms with Gasteiger partial charge in [-0.3, -0.25) is 4.79 Å². The third kappa shape index (κ3) is 10.2. The fourth-order valence-electron chi connectivity index (χ4n) is 0.151. The van der Waals surface area contributed by atoms with Gasteiger partial charge in [0.05, 0.1) is 0 Å². The molecule has 0 radical (unpaired) electrons. The molecule has 0 atom stereocenters. The van der Waals surface area contributed by atoms with Gasteiger partial charge in [-0.2, -0.15) is 0 Å². The van der Waals surface area contributed by atoms with Gasteiger partial charge in [0.15, 0.2) is 0 Å². The van der Waals surface area contributed by atoms with Gasteiger partial charge in [0.1, 0.15) is 0 Å². The molecule has 0 fully saturated rings. The van der Waals surface area contributed by atoms with E-state index in [9.17, 15) is 9.59 Å². The Hall–Kier alpha value is -0.860. The fourth-order valence-corrected chi connectivity index (χ4v) is 0.151. The number of carbonyl (C=O) groups is 2. The van der Waals surface area contributed by atoms with E-state index in [-0.39, 0.29) is 28.7 Å². The number of rotatable bonds is 2. The molecule has 0 saturated heterocycles. The van der Waals surface area contributed by atoms with Gasteiger partial charge in [-0.1, -0.05) is 29.2 Å². The summed E-state index contributed by atoms with van der Waals surface area (Å²) in [6.45, 7) is 1.51. The molecular weight excluding hydrogens is 132 g/mol. The Morgan fingerprint density at radius 3 is 1.50 bits per heavy atom. The topological polar surface area (TPSA) is 54.4 Å². The zero-order chi connectivity index (χ0) is 5.86. The molecule has 64 valence electrons. The van der Waals surface area contributed by atoms with Gasteiger partial charge >= 0.3 is 5.97 Å². The summed E-state index contributed by atoms with van der Waals surface area (Å²) in [5, 5.41) is 7.83. The smallest absolute Gasteiger partial charge is 0.372 e. The molecule has 0 aliphatic heterocycles. The van der Waals surface area contributed by atoms with E-state index in [4.69, 9.17) is 5.11 Å². The molecule has 0 rings (SSSR count). The molecule has 10 heavy (non-hydrogen) atoms. The maximum absolute atomic E-state index is 9.91. The van der Waals surface area contributed by atoms with Crippen LogP contribution in [0.25, 0.3) is 0 Å². The maximum atomic E-state index is 9.91. The predicted octanol–water partition coefficient (Wildman–Crippen LogP) is 1.96. The number of carboxylic acid groups (broad SMARTS) is 1. The molecule has 1 N–H and O–H groups in total. The van der Waals surface area contributed by atoms with Crippen molar-refractivity contribution in [3.8, 4) is 0 Å². The highest BCUT2D eigenvalue weighted by molar-refractivity contribution is 6.32. The minimum absolute atomic E-state index is 0. The normalized spacial score (nSPS) is 5.70. The molecule has 3 nitrogen and oxygen atoms in total. The summed E-state index contributed by atoms with van der Waals surface area (Å²) in [5.41, 5.74) is 0. The molecule has 0 unspecified atom stereocenters. The van der Waals surface area contributed by atoms with Gasteiger partial charge < -0.3 is 5.11 Å². The van der Waals surface area contributed by atoms with Crippen LogP contribution in [-0.2, 0) is 9.59 Å². The lowest BCUT2D eigenvalue weighted by atomic mass is 10.3. The van der Waals surface area contributed by atoms with Crippen LogP contribution in [0.3, 0.4) is 0 Å². The van der Waals surface area contributed by atoms with E-state index >= 15 is 0 Å². The van der Waals surface area contributed by atoms with Crippen LogP contribution in [0.4, 0.5) is 0 Å². The van der Waals surface area contributed by atoms with Crippen molar-refractivity contribution in [1.82, 2.24) is 0 Å². The highest BCUT2D eigenvalue weighted by Crippen LogP contribution is 1.76. The second kappa shape index (κ2) is 11.0. The van der Waals surface area contributed by atoms with Crippen LogP contribution >= 0.6 is 0 Å². The van der Waals surface area contributed by atoms with Crippen molar-refractivity contribution >= 4 is 11.8 Å². The number of hydrogen-bond donors (Lipinski definition) is 1. The molecule has 0 bridgehead atoms. The lowest BCUT2D eigenvalue weighted by Gasteiger charge is -1.80. The number of Topliss-reactive ketones (excluding diaryl/α,β-unsaturated/α-hetero) is 1. The summed E-state index contributed by atoms with van der Waals surface area (Å²) in [6.07, 6.45) is 0.0787. The van der Waals surface area contributed by atoms with E-state index < -0.39 is 11.8 Å². The van der Waals surface area contributed by atoms with E-state index in [1.807, 2.05) is 0 Å². The summed E-state index contributed by atoms with van der Waals surface area (Å²) in [4.78, 5) is 19.5. The standard InChI is InChI=1S/C4H6O3.3CH4/c1-2-3(5)4(6)7;;;/h2H2,1H3,(H,6,7);3*1H4. The summed E-state index contributed by atoms with van der Waals surface area (Å²) in [7, 11) is 0. The third-order valence-electron chi connectivity index (χ3n) is 0.560. The third-order valence-corrected chi connectivity index (χ3v) is 0.560. The van der Waals surface area contributed by atoms with Crippen LogP contribution in [0, 0.1) is 0 Å². The Bertz CT molecular complexity index is 97.0. The lowest BCUT2D eigenvalue weighted by molar-refractivity contribution is -0.148. The van der Waals surface area contributed by atoms with E-state index in [2.05, 4.69) is 0 Å². The quantitative estimate of drug-likeness (QED) is 0.612. The molecule has 0 amide bonds. The Labute approximate surface area is 63.1 Å². The Morgan fingerprint density at radius 1 is 1.20 bits per heavy atom. The molecule has 0 aromatic heterocycles. The van der Waals surface area contributed by atoms with Crippen molar-refractivity contribution in [1.29, 1.82) is 0 Å². The second-order valence-electron chi connectivity index (χ2n) is 1.08. The number of carbonyl (C=O) groups excluding carboxylic acids is 1. The molecule has 0 aliphatic carbocycles. The van der Waals surface area contributed by atoms with Crippen LogP contribution in [0.1, 0.15) is 35.6 Å². The largest absolute Gasteiger partial charge is 0.476 e. The molecule has 0 heterocycles. The van der Waals surface area contributed by atoms with E-state index in [1.165, 1.54) is 6.92 Å². The molecule has 0 aliphatic rings. The number of ketones is 1. The van der Waals surface area contributed by atoms with E-state index in [1.54, 1.807) is 0 Å². The Balaban J connectivity index is -0.0000000600. The summed E-state index contributed by atoms with van der Waals surface area (Å²) >= 11 is 0. The van der Waals surface area contributed by atoms with Crippen LogP contribution in [-0.4, -0.2) is 16.9 Å². The first kappa shape index (κ1) is 22.9. The van der Waals surface area contributed by atoms with Gasteiger partial charge in [-0.05, 0) is 0 Å². The molecular formula is C7H18O3. The molecule has 3 heteroatoms. The molecule has 0 aromatic carbocycles.